The zero-order chi connectivity index (χ0) is 13.1. The van der Waals surface area contributed by atoms with E-state index in [-0.39, 0.29) is 0 Å². The van der Waals surface area contributed by atoms with Gasteiger partial charge in [-0.25, -0.2) is 4.98 Å². The van der Waals surface area contributed by atoms with Gasteiger partial charge in [0.1, 0.15) is 5.82 Å². The van der Waals surface area contributed by atoms with Crippen LogP contribution in [0.15, 0.2) is 41.0 Å². The van der Waals surface area contributed by atoms with Crippen molar-refractivity contribution in [2.45, 2.75) is 19.8 Å². The standard InChI is InChI=1S/C14H14BrClN2/c1-9(2)11-5-3-4-6-13(11)18-14-12(15)7-10(16)8-17-14/h3-9H,1-2H3,(H,17,18). The monoisotopic (exact) mass is 324 g/mol. The van der Waals surface area contributed by atoms with Crippen molar-refractivity contribution in [3.63, 3.8) is 0 Å². The van der Waals surface area contributed by atoms with Crippen LogP contribution in [-0.2, 0) is 0 Å². The van der Waals surface area contributed by atoms with Gasteiger partial charge in [-0.05, 0) is 39.5 Å². The summed E-state index contributed by atoms with van der Waals surface area (Å²) in [7, 11) is 0. The number of nitrogens with one attached hydrogen (secondary N) is 1. The highest BCUT2D eigenvalue weighted by molar-refractivity contribution is 9.10. The second-order valence-corrected chi connectivity index (χ2v) is 5.64. The van der Waals surface area contributed by atoms with E-state index >= 15 is 0 Å². The van der Waals surface area contributed by atoms with Gasteiger partial charge >= 0.3 is 0 Å². The lowest BCUT2D eigenvalue weighted by molar-refractivity contribution is 0.869. The van der Waals surface area contributed by atoms with Gasteiger partial charge in [-0.1, -0.05) is 43.6 Å². The van der Waals surface area contributed by atoms with Crippen molar-refractivity contribution < 1.29 is 0 Å². The fraction of sp³-hybridized carbons (Fsp3) is 0.214. The maximum atomic E-state index is 5.88. The first-order valence-corrected chi connectivity index (χ1v) is 6.92. The molecule has 0 radical (unpaired) electrons. The smallest absolute Gasteiger partial charge is 0.144 e. The van der Waals surface area contributed by atoms with Crippen molar-refractivity contribution in [3.8, 4) is 0 Å². The van der Waals surface area contributed by atoms with Gasteiger partial charge in [-0.15, -0.1) is 0 Å². The first-order valence-electron chi connectivity index (χ1n) is 5.75. The molecule has 94 valence electrons. The van der Waals surface area contributed by atoms with Gasteiger partial charge in [-0.3, -0.25) is 0 Å². The molecule has 2 rings (SSSR count). The number of nitrogens with zero attached hydrogens (tertiary/aromatic N) is 1. The van der Waals surface area contributed by atoms with E-state index in [1.807, 2.05) is 18.2 Å². The molecule has 0 aliphatic rings. The molecule has 1 heterocycles. The molecule has 0 saturated carbocycles. The van der Waals surface area contributed by atoms with Crippen LogP contribution < -0.4 is 5.32 Å². The molecule has 0 bridgehead atoms. The van der Waals surface area contributed by atoms with Gasteiger partial charge in [0, 0.05) is 11.9 Å². The number of benzene rings is 1. The number of rotatable bonds is 3. The van der Waals surface area contributed by atoms with E-state index in [0.29, 0.717) is 10.9 Å². The Balaban J connectivity index is 2.34. The van der Waals surface area contributed by atoms with Crippen LogP contribution in [0.5, 0.6) is 0 Å². The van der Waals surface area contributed by atoms with E-state index in [1.54, 1.807) is 6.20 Å². The van der Waals surface area contributed by atoms with Crippen molar-refractivity contribution in [2.75, 3.05) is 5.32 Å². The Labute approximate surface area is 121 Å². The average molecular weight is 326 g/mol. The van der Waals surface area contributed by atoms with Gasteiger partial charge in [0.05, 0.1) is 9.50 Å². The van der Waals surface area contributed by atoms with Crippen LogP contribution >= 0.6 is 27.5 Å². The molecular formula is C14H14BrClN2. The second-order valence-electron chi connectivity index (χ2n) is 4.35. The molecule has 0 amide bonds. The fourth-order valence-electron chi connectivity index (χ4n) is 1.75. The largest absolute Gasteiger partial charge is 0.339 e. The van der Waals surface area contributed by atoms with Crippen LogP contribution in [0.3, 0.4) is 0 Å². The third-order valence-electron chi connectivity index (χ3n) is 2.64. The first kappa shape index (κ1) is 13.4. The topological polar surface area (TPSA) is 24.9 Å². The third-order valence-corrected chi connectivity index (χ3v) is 3.45. The number of halogens is 2. The molecule has 2 nitrogen and oxygen atoms in total. The predicted octanol–water partition coefficient (Wildman–Crippen LogP) is 5.36. The molecule has 0 saturated heterocycles. The molecule has 0 spiro atoms. The van der Waals surface area contributed by atoms with E-state index in [9.17, 15) is 0 Å². The molecule has 0 atom stereocenters. The summed E-state index contributed by atoms with van der Waals surface area (Å²) in [5.74, 6) is 1.23. The second kappa shape index (κ2) is 5.72. The average Bonchev–Trinajstić information content (AvgIpc) is 2.33. The minimum absolute atomic E-state index is 0.458. The van der Waals surface area contributed by atoms with Gasteiger partial charge < -0.3 is 5.32 Å². The van der Waals surface area contributed by atoms with E-state index in [1.165, 1.54) is 5.56 Å². The van der Waals surface area contributed by atoms with Crippen molar-refractivity contribution in [1.82, 2.24) is 4.98 Å². The molecule has 0 fully saturated rings. The summed E-state index contributed by atoms with van der Waals surface area (Å²) in [6.07, 6.45) is 1.63. The van der Waals surface area contributed by atoms with E-state index in [2.05, 4.69) is 52.2 Å². The molecule has 0 aliphatic heterocycles. The molecule has 1 aromatic carbocycles. The summed E-state index contributed by atoms with van der Waals surface area (Å²) in [6.45, 7) is 4.34. The zero-order valence-corrected chi connectivity index (χ0v) is 12.6. The van der Waals surface area contributed by atoms with E-state index in [4.69, 9.17) is 11.6 Å². The van der Waals surface area contributed by atoms with Crippen molar-refractivity contribution in [2.24, 2.45) is 0 Å². The van der Waals surface area contributed by atoms with Crippen molar-refractivity contribution in [1.29, 1.82) is 0 Å². The van der Waals surface area contributed by atoms with Gasteiger partial charge in [0.25, 0.3) is 0 Å². The zero-order valence-electron chi connectivity index (χ0n) is 10.2. The lowest BCUT2D eigenvalue weighted by Crippen LogP contribution is -1.99. The highest BCUT2D eigenvalue weighted by atomic mass is 79.9. The van der Waals surface area contributed by atoms with Crippen molar-refractivity contribution >= 4 is 39.0 Å². The Bertz CT molecular complexity index is 555. The van der Waals surface area contributed by atoms with Gasteiger partial charge in [0.15, 0.2) is 0 Å². The highest BCUT2D eigenvalue weighted by Gasteiger charge is 2.08. The van der Waals surface area contributed by atoms with Crippen LogP contribution in [0.4, 0.5) is 11.5 Å². The molecule has 0 aliphatic carbocycles. The minimum atomic E-state index is 0.458. The summed E-state index contributed by atoms with van der Waals surface area (Å²) in [4.78, 5) is 4.28. The summed E-state index contributed by atoms with van der Waals surface area (Å²) >= 11 is 9.34. The number of hydrogen-bond donors (Lipinski definition) is 1. The van der Waals surface area contributed by atoms with Crippen molar-refractivity contribution in [3.05, 3.63) is 51.6 Å². The lowest BCUT2D eigenvalue weighted by Gasteiger charge is -2.14. The van der Waals surface area contributed by atoms with Crippen LogP contribution in [0.2, 0.25) is 5.02 Å². The van der Waals surface area contributed by atoms with E-state index in [0.717, 1.165) is 16.0 Å². The maximum Gasteiger partial charge on any atom is 0.144 e. The SMILES string of the molecule is CC(C)c1ccccc1Nc1ncc(Cl)cc1Br. The maximum absolute atomic E-state index is 5.88. The Morgan fingerprint density at radius 2 is 2.00 bits per heavy atom. The van der Waals surface area contributed by atoms with Crippen LogP contribution in [0, 0.1) is 0 Å². The van der Waals surface area contributed by atoms with Crippen LogP contribution in [0.1, 0.15) is 25.3 Å². The molecule has 2 aromatic rings. The number of hydrogen-bond acceptors (Lipinski definition) is 2. The van der Waals surface area contributed by atoms with Crippen LogP contribution in [0.25, 0.3) is 0 Å². The highest BCUT2D eigenvalue weighted by Crippen LogP contribution is 2.30. The fourth-order valence-corrected chi connectivity index (χ4v) is 2.49. The number of aromatic nitrogens is 1. The lowest BCUT2D eigenvalue weighted by atomic mass is 10.0. The molecule has 1 N–H and O–H groups in total. The molecular weight excluding hydrogens is 312 g/mol. The summed E-state index contributed by atoms with van der Waals surface area (Å²) < 4.78 is 0.855. The normalized spacial score (nSPS) is 10.7. The molecule has 4 heteroatoms. The quantitative estimate of drug-likeness (QED) is 0.821. The molecule has 18 heavy (non-hydrogen) atoms. The Hall–Kier alpha value is -1.06. The number of anilines is 2. The summed E-state index contributed by atoms with van der Waals surface area (Å²) in [6, 6.07) is 10.1. The van der Waals surface area contributed by atoms with Crippen LogP contribution in [-0.4, -0.2) is 4.98 Å². The van der Waals surface area contributed by atoms with Gasteiger partial charge in [0.2, 0.25) is 0 Å². The Morgan fingerprint density at radius 1 is 1.28 bits per heavy atom. The Kier molecular flexibility index (Phi) is 4.25. The molecule has 1 aromatic heterocycles. The minimum Gasteiger partial charge on any atom is -0.339 e. The number of para-hydroxylation sites is 1. The summed E-state index contributed by atoms with van der Waals surface area (Å²) in [5, 5.41) is 3.95. The number of pyridine rings is 1. The first-order chi connectivity index (χ1) is 8.58. The molecule has 0 unspecified atom stereocenters. The van der Waals surface area contributed by atoms with E-state index < -0.39 is 0 Å². The van der Waals surface area contributed by atoms with Gasteiger partial charge in [-0.2, -0.15) is 0 Å². The third kappa shape index (κ3) is 3.03. The Morgan fingerprint density at radius 3 is 2.67 bits per heavy atom. The summed E-state index contributed by atoms with van der Waals surface area (Å²) in [5.41, 5.74) is 2.34. The predicted molar refractivity (Wildman–Crippen MR) is 80.8 cm³/mol.